The highest BCUT2D eigenvalue weighted by Crippen LogP contribution is 2.34. The quantitative estimate of drug-likeness (QED) is 0.561. The lowest BCUT2D eigenvalue weighted by molar-refractivity contribution is -0.118. The molecule has 0 spiro atoms. The highest BCUT2D eigenvalue weighted by molar-refractivity contribution is 7.88. The Morgan fingerprint density at radius 3 is 2.73 bits per heavy atom. The lowest BCUT2D eigenvalue weighted by Gasteiger charge is -2.29. The number of sulfonamides is 1. The second-order valence-corrected chi connectivity index (χ2v) is 10.1. The van der Waals surface area contributed by atoms with E-state index < -0.39 is 10.0 Å². The number of benzene rings is 1. The number of likely N-dealkylation sites (N-methyl/N-ethyl adjacent to an activating group) is 1. The third kappa shape index (κ3) is 5.67. The van der Waals surface area contributed by atoms with Crippen molar-refractivity contribution < 1.29 is 22.7 Å². The minimum atomic E-state index is -3.47. The number of para-hydroxylation sites is 1. The SMILES string of the molecule is CCOc1cccc2sc(N(CCN3CCOCC3)C(=O)CN(C)S(C)(=O)=O)nc12. The summed E-state index contributed by atoms with van der Waals surface area (Å²) in [5.74, 6) is 0.361. The summed E-state index contributed by atoms with van der Waals surface area (Å²) in [6, 6.07) is 5.69. The monoisotopic (exact) mass is 456 g/mol. The van der Waals surface area contributed by atoms with E-state index in [9.17, 15) is 13.2 Å². The Hall–Kier alpha value is -1.79. The van der Waals surface area contributed by atoms with E-state index in [2.05, 4.69) is 9.88 Å². The smallest absolute Gasteiger partial charge is 0.244 e. The van der Waals surface area contributed by atoms with Crippen LogP contribution in [0.4, 0.5) is 5.13 Å². The number of morpholine rings is 1. The van der Waals surface area contributed by atoms with Crippen LogP contribution in [0.3, 0.4) is 0 Å². The molecule has 1 saturated heterocycles. The normalized spacial score (nSPS) is 15.6. The number of thiazole rings is 1. The van der Waals surface area contributed by atoms with Crippen molar-refractivity contribution in [1.29, 1.82) is 0 Å². The van der Waals surface area contributed by atoms with Gasteiger partial charge in [-0.25, -0.2) is 13.4 Å². The number of nitrogens with zero attached hydrogens (tertiary/aromatic N) is 4. The Kier molecular flexibility index (Phi) is 7.64. The molecule has 1 aromatic heterocycles. The molecule has 1 amide bonds. The molecule has 1 aliphatic heterocycles. The molecule has 2 heterocycles. The van der Waals surface area contributed by atoms with Gasteiger partial charge in [0.05, 0.1) is 37.3 Å². The van der Waals surface area contributed by atoms with Gasteiger partial charge in [0.15, 0.2) is 5.13 Å². The van der Waals surface area contributed by atoms with Crippen LogP contribution in [-0.2, 0) is 19.6 Å². The van der Waals surface area contributed by atoms with E-state index in [1.165, 1.54) is 18.4 Å². The van der Waals surface area contributed by atoms with Gasteiger partial charge in [0, 0.05) is 33.2 Å². The fraction of sp³-hybridized carbons (Fsp3) is 0.579. The van der Waals surface area contributed by atoms with E-state index in [1.54, 1.807) is 4.90 Å². The van der Waals surface area contributed by atoms with E-state index in [4.69, 9.17) is 9.47 Å². The molecule has 0 atom stereocenters. The second-order valence-electron chi connectivity index (χ2n) is 7.05. The van der Waals surface area contributed by atoms with Crippen LogP contribution in [0.2, 0.25) is 0 Å². The molecule has 166 valence electrons. The molecule has 1 aliphatic rings. The Morgan fingerprint density at radius 2 is 2.07 bits per heavy atom. The van der Waals surface area contributed by atoms with Crippen molar-refractivity contribution in [2.45, 2.75) is 6.92 Å². The van der Waals surface area contributed by atoms with Gasteiger partial charge < -0.3 is 9.47 Å². The van der Waals surface area contributed by atoms with Crippen molar-refractivity contribution >= 4 is 42.6 Å². The summed E-state index contributed by atoms with van der Waals surface area (Å²) in [5, 5.41) is 0.539. The Labute approximate surface area is 181 Å². The zero-order valence-corrected chi connectivity index (χ0v) is 19.2. The Balaban J connectivity index is 1.86. The molecule has 0 aliphatic carbocycles. The van der Waals surface area contributed by atoms with E-state index in [0.29, 0.717) is 49.3 Å². The maximum Gasteiger partial charge on any atom is 0.244 e. The molecular weight excluding hydrogens is 428 g/mol. The molecule has 0 unspecified atom stereocenters. The van der Waals surface area contributed by atoms with Crippen molar-refractivity contribution in [2.75, 3.05) is 70.7 Å². The summed E-state index contributed by atoms with van der Waals surface area (Å²) in [6.07, 6.45) is 1.09. The van der Waals surface area contributed by atoms with Gasteiger partial charge in [-0.05, 0) is 19.1 Å². The van der Waals surface area contributed by atoms with Gasteiger partial charge in [-0.15, -0.1) is 0 Å². The highest BCUT2D eigenvalue weighted by Gasteiger charge is 2.25. The Morgan fingerprint density at radius 1 is 1.33 bits per heavy atom. The number of anilines is 1. The molecular formula is C19H28N4O5S2. The predicted octanol–water partition coefficient (Wildman–Crippen LogP) is 1.25. The van der Waals surface area contributed by atoms with Crippen LogP contribution in [0.15, 0.2) is 18.2 Å². The standard InChI is InChI=1S/C19H28N4O5S2/c1-4-28-15-6-5-7-16-18(15)20-19(29-16)23(9-8-22-10-12-27-13-11-22)17(24)14-21(2)30(3,25)26/h5-7H,4,8-14H2,1-3H3. The summed E-state index contributed by atoms with van der Waals surface area (Å²) in [7, 11) is -2.06. The Bertz CT molecular complexity index is 972. The molecule has 3 rings (SSSR count). The summed E-state index contributed by atoms with van der Waals surface area (Å²) in [4.78, 5) is 21.6. The van der Waals surface area contributed by atoms with Gasteiger partial charge in [0.1, 0.15) is 11.3 Å². The topological polar surface area (TPSA) is 92.3 Å². The lowest BCUT2D eigenvalue weighted by Crippen LogP contribution is -2.46. The molecule has 30 heavy (non-hydrogen) atoms. The number of hydrogen-bond acceptors (Lipinski definition) is 8. The minimum Gasteiger partial charge on any atom is -0.492 e. The average molecular weight is 457 g/mol. The van der Waals surface area contributed by atoms with Crippen LogP contribution in [-0.4, -0.2) is 94.4 Å². The van der Waals surface area contributed by atoms with Gasteiger partial charge in [0.2, 0.25) is 15.9 Å². The van der Waals surface area contributed by atoms with Crippen LogP contribution in [0.25, 0.3) is 10.2 Å². The van der Waals surface area contributed by atoms with Crippen molar-refractivity contribution in [1.82, 2.24) is 14.2 Å². The summed E-state index contributed by atoms with van der Waals surface area (Å²) >= 11 is 1.40. The van der Waals surface area contributed by atoms with Crippen LogP contribution in [0.1, 0.15) is 6.92 Å². The van der Waals surface area contributed by atoms with Crippen LogP contribution >= 0.6 is 11.3 Å². The first-order valence-corrected chi connectivity index (χ1v) is 12.5. The van der Waals surface area contributed by atoms with Gasteiger partial charge >= 0.3 is 0 Å². The number of ether oxygens (including phenoxy) is 2. The molecule has 11 heteroatoms. The number of carbonyl (C=O) groups excluding carboxylic acids is 1. The third-order valence-electron chi connectivity index (χ3n) is 4.87. The molecule has 0 bridgehead atoms. The van der Waals surface area contributed by atoms with Gasteiger partial charge in [-0.3, -0.25) is 14.6 Å². The predicted molar refractivity (Wildman–Crippen MR) is 118 cm³/mol. The largest absolute Gasteiger partial charge is 0.492 e. The first kappa shape index (κ1) is 22.9. The number of rotatable bonds is 9. The van der Waals surface area contributed by atoms with Crippen molar-refractivity contribution in [2.24, 2.45) is 0 Å². The summed E-state index contributed by atoms with van der Waals surface area (Å²) < 4.78 is 36.6. The number of amides is 1. The second kappa shape index (κ2) is 10.0. The number of hydrogen-bond donors (Lipinski definition) is 0. The zero-order chi connectivity index (χ0) is 21.7. The third-order valence-corrected chi connectivity index (χ3v) is 7.18. The van der Waals surface area contributed by atoms with Crippen LogP contribution < -0.4 is 9.64 Å². The first-order valence-electron chi connectivity index (χ1n) is 9.83. The number of fused-ring (bicyclic) bond motifs is 1. The average Bonchev–Trinajstić information content (AvgIpc) is 3.13. The summed E-state index contributed by atoms with van der Waals surface area (Å²) in [5.41, 5.74) is 0.708. The molecule has 9 nitrogen and oxygen atoms in total. The molecule has 0 saturated carbocycles. The van der Waals surface area contributed by atoms with Crippen molar-refractivity contribution in [3.63, 3.8) is 0 Å². The lowest BCUT2D eigenvalue weighted by atomic mass is 10.3. The van der Waals surface area contributed by atoms with Gasteiger partial charge in [-0.1, -0.05) is 17.4 Å². The number of carbonyl (C=O) groups is 1. The van der Waals surface area contributed by atoms with Gasteiger partial charge in [0.25, 0.3) is 0 Å². The molecule has 2 aromatic rings. The highest BCUT2D eigenvalue weighted by atomic mass is 32.2. The van der Waals surface area contributed by atoms with E-state index >= 15 is 0 Å². The maximum absolute atomic E-state index is 13.1. The van der Waals surface area contributed by atoms with Crippen LogP contribution in [0, 0.1) is 0 Å². The zero-order valence-electron chi connectivity index (χ0n) is 17.5. The van der Waals surface area contributed by atoms with E-state index in [-0.39, 0.29) is 12.5 Å². The summed E-state index contributed by atoms with van der Waals surface area (Å²) in [6.45, 7) is 6.21. The van der Waals surface area contributed by atoms with Gasteiger partial charge in [-0.2, -0.15) is 4.31 Å². The molecule has 1 fully saturated rings. The van der Waals surface area contributed by atoms with E-state index in [1.807, 2.05) is 25.1 Å². The van der Waals surface area contributed by atoms with Crippen LogP contribution in [0.5, 0.6) is 5.75 Å². The maximum atomic E-state index is 13.1. The molecule has 1 aromatic carbocycles. The molecule has 0 N–H and O–H groups in total. The first-order chi connectivity index (χ1) is 14.3. The van der Waals surface area contributed by atoms with Crippen molar-refractivity contribution in [3.05, 3.63) is 18.2 Å². The number of aromatic nitrogens is 1. The minimum absolute atomic E-state index is 0.240. The molecule has 0 radical (unpaired) electrons. The fourth-order valence-electron chi connectivity index (χ4n) is 3.09. The van der Waals surface area contributed by atoms with E-state index in [0.717, 1.165) is 28.4 Å². The fourth-order valence-corrected chi connectivity index (χ4v) is 4.46. The van der Waals surface area contributed by atoms with Crippen molar-refractivity contribution in [3.8, 4) is 5.75 Å².